The van der Waals surface area contributed by atoms with Gasteiger partial charge < -0.3 is 15.2 Å². The van der Waals surface area contributed by atoms with Crippen LogP contribution in [0, 0.1) is 5.92 Å². The highest BCUT2D eigenvalue weighted by molar-refractivity contribution is 7.80. The fourth-order valence-electron chi connectivity index (χ4n) is 2.53. The van der Waals surface area contributed by atoms with Crippen LogP contribution in [0.15, 0.2) is 36.4 Å². The molecule has 3 nitrogen and oxygen atoms in total. The van der Waals surface area contributed by atoms with Gasteiger partial charge >= 0.3 is 0 Å². The normalized spacial score (nSPS) is 18.3. The van der Waals surface area contributed by atoms with Crippen LogP contribution in [-0.2, 0) is 4.74 Å². The van der Waals surface area contributed by atoms with Gasteiger partial charge in [0, 0.05) is 23.5 Å². The number of thiocarbonyl (C=S) groups is 1. The number of nitrogens with two attached hydrogens (primary N) is 1. The fraction of sp³-hybridized carbons (Fsp3) is 0.312. The van der Waals surface area contributed by atoms with Gasteiger partial charge in [0.05, 0.1) is 13.2 Å². The van der Waals surface area contributed by atoms with Crippen LogP contribution in [0.3, 0.4) is 0 Å². The van der Waals surface area contributed by atoms with Crippen molar-refractivity contribution in [2.45, 2.75) is 6.42 Å². The molecule has 2 aromatic carbocycles. The molecule has 1 aliphatic rings. The van der Waals surface area contributed by atoms with Crippen LogP contribution in [0.2, 0.25) is 0 Å². The molecule has 1 saturated heterocycles. The van der Waals surface area contributed by atoms with Crippen molar-refractivity contribution in [2.24, 2.45) is 11.7 Å². The first-order valence-corrected chi connectivity index (χ1v) is 7.18. The Morgan fingerprint density at radius 1 is 1.25 bits per heavy atom. The van der Waals surface area contributed by atoms with E-state index in [4.69, 9.17) is 27.4 Å². The van der Waals surface area contributed by atoms with E-state index in [1.54, 1.807) is 0 Å². The van der Waals surface area contributed by atoms with Crippen molar-refractivity contribution in [2.75, 3.05) is 19.8 Å². The third kappa shape index (κ3) is 2.62. The maximum atomic E-state index is 5.97. The van der Waals surface area contributed by atoms with Crippen LogP contribution in [0.1, 0.15) is 12.0 Å². The van der Waals surface area contributed by atoms with Crippen molar-refractivity contribution >= 4 is 28.0 Å². The van der Waals surface area contributed by atoms with E-state index in [0.29, 0.717) is 17.5 Å². The molecule has 0 saturated carbocycles. The van der Waals surface area contributed by atoms with E-state index >= 15 is 0 Å². The van der Waals surface area contributed by atoms with Crippen LogP contribution in [0.5, 0.6) is 5.75 Å². The van der Waals surface area contributed by atoms with E-state index in [2.05, 4.69) is 0 Å². The monoisotopic (exact) mass is 287 g/mol. The summed E-state index contributed by atoms with van der Waals surface area (Å²) in [5.41, 5.74) is 6.67. The summed E-state index contributed by atoms with van der Waals surface area (Å²) in [6, 6.07) is 11.9. The van der Waals surface area contributed by atoms with Crippen molar-refractivity contribution in [3.05, 3.63) is 42.0 Å². The van der Waals surface area contributed by atoms with Gasteiger partial charge in [0.1, 0.15) is 10.7 Å². The number of hydrogen-bond acceptors (Lipinski definition) is 3. The van der Waals surface area contributed by atoms with Crippen LogP contribution in [-0.4, -0.2) is 24.8 Å². The molecule has 4 heteroatoms. The average molecular weight is 287 g/mol. The summed E-state index contributed by atoms with van der Waals surface area (Å²) < 4.78 is 11.3. The molecule has 1 heterocycles. The van der Waals surface area contributed by atoms with Crippen molar-refractivity contribution < 1.29 is 9.47 Å². The minimum Gasteiger partial charge on any atom is -0.493 e. The molecule has 2 N–H and O–H groups in total. The smallest absolute Gasteiger partial charge is 0.127 e. The van der Waals surface area contributed by atoms with Crippen molar-refractivity contribution in [3.8, 4) is 5.75 Å². The molecule has 1 fully saturated rings. The molecule has 20 heavy (non-hydrogen) atoms. The zero-order valence-electron chi connectivity index (χ0n) is 11.2. The molecule has 0 amide bonds. The highest BCUT2D eigenvalue weighted by Crippen LogP contribution is 2.29. The largest absolute Gasteiger partial charge is 0.493 e. The van der Waals surface area contributed by atoms with Crippen LogP contribution < -0.4 is 10.5 Å². The van der Waals surface area contributed by atoms with Gasteiger partial charge in [0.2, 0.25) is 0 Å². The SMILES string of the molecule is NC(=S)c1ccc(OCC2CCOC2)c2ccccc12. The summed E-state index contributed by atoms with van der Waals surface area (Å²) >= 11 is 5.11. The Hall–Kier alpha value is -1.65. The highest BCUT2D eigenvalue weighted by Gasteiger charge is 2.17. The predicted molar refractivity (Wildman–Crippen MR) is 84.3 cm³/mol. The molecule has 0 aliphatic carbocycles. The molecule has 0 bridgehead atoms. The lowest BCUT2D eigenvalue weighted by atomic mass is 10.0. The first-order valence-electron chi connectivity index (χ1n) is 6.78. The summed E-state index contributed by atoms with van der Waals surface area (Å²) in [5.74, 6) is 1.37. The predicted octanol–water partition coefficient (Wildman–Crippen LogP) is 2.89. The van der Waals surface area contributed by atoms with Crippen molar-refractivity contribution in [1.29, 1.82) is 0 Å². The Balaban J connectivity index is 1.91. The van der Waals surface area contributed by atoms with Crippen LogP contribution in [0.25, 0.3) is 10.8 Å². The Bertz CT molecular complexity index is 635. The van der Waals surface area contributed by atoms with Gasteiger partial charge in [0.15, 0.2) is 0 Å². The Morgan fingerprint density at radius 2 is 2.05 bits per heavy atom. The molecular formula is C16H17NO2S. The second-order valence-electron chi connectivity index (χ2n) is 5.06. The van der Waals surface area contributed by atoms with Gasteiger partial charge in [-0.1, -0.05) is 36.5 Å². The van der Waals surface area contributed by atoms with Gasteiger partial charge in [-0.2, -0.15) is 0 Å². The van der Waals surface area contributed by atoms with Gasteiger partial charge in [0.25, 0.3) is 0 Å². The number of ether oxygens (including phenoxy) is 2. The van der Waals surface area contributed by atoms with E-state index < -0.39 is 0 Å². The Kier molecular flexibility index (Phi) is 3.85. The molecule has 0 aromatic heterocycles. The maximum Gasteiger partial charge on any atom is 0.127 e. The van der Waals surface area contributed by atoms with E-state index in [9.17, 15) is 0 Å². The zero-order valence-corrected chi connectivity index (χ0v) is 12.0. The van der Waals surface area contributed by atoms with Gasteiger partial charge in [-0.15, -0.1) is 0 Å². The zero-order chi connectivity index (χ0) is 13.9. The number of rotatable bonds is 4. The minimum atomic E-state index is 0.414. The molecule has 0 radical (unpaired) electrons. The standard InChI is InChI=1S/C16H17NO2S/c17-16(20)14-5-6-15(13-4-2-1-3-12(13)14)19-10-11-7-8-18-9-11/h1-6,11H,7-10H2,(H2,17,20). The van der Waals surface area contributed by atoms with Gasteiger partial charge in [-0.05, 0) is 23.9 Å². The summed E-state index contributed by atoms with van der Waals surface area (Å²) in [6.45, 7) is 2.33. The summed E-state index contributed by atoms with van der Waals surface area (Å²) in [6.07, 6.45) is 1.07. The molecule has 1 aliphatic heterocycles. The van der Waals surface area contributed by atoms with Crippen LogP contribution in [0.4, 0.5) is 0 Å². The lowest BCUT2D eigenvalue weighted by Crippen LogP contribution is -2.13. The quantitative estimate of drug-likeness (QED) is 0.878. The molecule has 1 atom stereocenters. The summed E-state index contributed by atoms with van der Waals surface area (Å²) in [7, 11) is 0. The highest BCUT2D eigenvalue weighted by atomic mass is 32.1. The van der Waals surface area contributed by atoms with Crippen molar-refractivity contribution in [1.82, 2.24) is 0 Å². The molecule has 1 unspecified atom stereocenters. The third-order valence-corrected chi connectivity index (χ3v) is 3.87. The number of fused-ring (bicyclic) bond motifs is 1. The summed E-state index contributed by atoms with van der Waals surface area (Å²) in [5, 5.41) is 2.09. The molecular weight excluding hydrogens is 270 g/mol. The second-order valence-corrected chi connectivity index (χ2v) is 5.50. The lowest BCUT2D eigenvalue weighted by molar-refractivity contribution is 0.167. The molecule has 104 valence electrons. The first-order chi connectivity index (χ1) is 9.75. The molecule has 3 rings (SSSR count). The number of hydrogen-bond donors (Lipinski definition) is 1. The number of benzene rings is 2. The van der Waals surface area contributed by atoms with E-state index in [1.165, 1.54) is 0 Å². The molecule has 0 spiro atoms. The lowest BCUT2D eigenvalue weighted by Gasteiger charge is -2.14. The third-order valence-electron chi connectivity index (χ3n) is 3.65. The van der Waals surface area contributed by atoms with Crippen molar-refractivity contribution in [3.63, 3.8) is 0 Å². The second kappa shape index (κ2) is 5.77. The van der Waals surface area contributed by atoms with E-state index in [-0.39, 0.29) is 0 Å². The maximum absolute atomic E-state index is 5.97. The average Bonchev–Trinajstić information content (AvgIpc) is 2.97. The Morgan fingerprint density at radius 3 is 2.75 bits per heavy atom. The topological polar surface area (TPSA) is 44.5 Å². The first kappa shape index (κ1) is 13.3. The fourth-order valence-corrected chi connectivity index (χ4v) is 2.71. The summed E-state index contributed by atoms with van der Waals surface area (Å²) in [4.78, 5) is 0.414. The van der Waals surface area contributed by atoms with E-state index in [0.717, 1.165) is 41.7 Å². The minimum absolute atomic E-state index is 0.414. The Labute approximate surface area is 123 Å². The van der Waals surface area contributed by atoms with Crippen LogP contribution >= 0.6 is 12.2 Å². The van der Waals surface area contributed by atoms with E-state index in [1.807, 2.05) is 36.4 Å². The van der Waals surface area contributed by atoms with Gasteiger partial charge in [-0.3, -0.25) is 0 Å². The molecule has 2 aromatic rings. The van der Waals surface area contributed by atoms with Gasteiger partial charge in [-0.25, -0.2) is 0 Å².